The average Bonchev–Trinajstić information content (AvgIpc) is 3.34. The Morgan fingerprint density at radius 3 is 2.44 bits per heavy atom. The van der Waals surface area contributed by atoms with Crippen molar-refractivity contribution in [1.29, 1.82) is 0 Å². The molecule has 0 aromatic heterocycles. The number of hydrogen-bond donors (Lipinski definition) is 1. The van der Waals surface area contributed by atoms with E-state index in [0.717, 1.165) is 0 Å². The van der Waals surface area contributed by atoms with Crippen LogP contribution in [0.15, 0.2) is 61.2 Å². The maximum Gasteiger partial charge on any atom is 0.267 e. The summed E-state index contributed by atoms with van der Waals surface area (Å²) in [6.45, 7) is 7.28. The molecule has 3 heterocycles. The number of anilines is 2. The van der Waals surface area contributed by atoms with Gasteiger partial charge in [-0.3, -0.25) is 9.59 Å². The van der Waals surface area contributed by atoms with Gasteiger partial charge in [0.25, 0.3) is 11.8 Å². The quantitative estimate of drug-likeness (QED) is 0.466. The molecule has 0 bridgehead atoms. The topological polar surface area (TPSA) is 97.8 Å². The van der Waals surface area contributed by atoms with Gasteiger partial charge in [-0.25, -0.2) is 0 Å². The molecule has 2 amide bonds. The first-order valence-corrected chi connectivity index (χ1v) is 11.8. The number of ether oxygens (including phenoxy) is 4. The minimum Gasteiger partial charge on any atom is -0.497 e. The molecule has 0 radical (unpaired) electrons. The molecule has 4 atom stereocenters. The molecule has 36 heavy (non-hydrogen) atoms. The van der Waals surface area contributed by atoms with E-state index in [4.69, 9.17) is 18.9 Å². The fraction of sp³-hybridized carbons (Fsp3) is 0.407. The van der Waals surface area contributed by atoms with E-state index in [1.165, 1.54) is 15.9 Å². The third kappa shape index (κ3) is 3.17. The Morgan fingerprint density at radius 2 is 1.83 bits per heavy atom. The summed E-state index contributed by atoms with van der Waals surface area (Å²) in [5, 5.41) is 12.5. The summed E-state index contributed by atoms with van der Waals surface area (Å²) >= 11 is 0. The second-order valence-corrected chi connectivity index (χ2v) is 9.61. The van der Waals surface area contributed by atoms with Gasteiger partial charge in [0.2, 0.25) is 11.2 Å². The SMILES string of the molecule is C=CCO[C@@]1([C@]2(O)C(=O)N(c3ccc(OC)cc3)[C@H]2[C@H]2COC(C)(C)O2)C(=O)N(C)c2ccccc21. The Labute approximate surface area is 209 Å². The first-order valence-electron chi connectivity index (χ1n) is 11.8. The number of nitrogens with zero attached hydrogens (tertiary/aromatic N) is 2. The Kier molecular flexibility index (Phi) is 5.72. The van der Waals surface area contributed by atoms with Crippen LogP contribution in [-0.4, -0.2) is 67.8 Å². The molecule has 0 aliphatic carbocycles. The van der Waals surface area contributed by atoms with Crippen LogP contribution in [0.1, 0.15) is 19.4 Å². The average molecular weight is 495 g/mol. The van der Waals surface area contributed by atoms with Crippen LogP contribution in [0, 0.1) is 0 Å². The second-order valence-electron chi connectivity index (χ2n) is 9.61. The minimum atomic E-state index is -2.29. The van der Waals surface area contributed by atoms with Crippen molar-refractivity contribution in [2.24, 2.45) is 0 Å². The summed E-state index contributed by atoms with van der Waals surface area (Å²) in [5.74, 6) is -1.53. The molecule has 2 aromatic rings. The van der Waals surface area contributed by atoms with Crippen LogP contribution in [0.3, 0.4) is 0 Å². The molecule has 0 unspecified atom stereocenters. The first kappa shape index (κ1) is 24.5. The Morgan fingerprint density at radius 1 is 1.14 bits per heavy atom. The van der Waals surface area contributed by atoms with Crippen LogP contribution in [0.4, 0.5) is 11.4 Å². The lowest BCUT2D eigenvalue weighted by molar-refractivity contribution is -0.227. The lowest BCUT2D eigenvalue weighted by Gasteiger charge is -2.59. The summed E-state index contributed by atoms with van der Waals surface area (Å²) in [7, 11) is 3.15. The largest absolute Gasteiger partial charge is 0.497 e. The van der Waals surface area contributed by atoms with Gasteiger partial charge in [-0.05, 0) is 44.2 Å². The van der Waals surface area contributed by atoms with Gasteiger partial charge < -0.3 is 33.9 Å². The van der Waals surface area contributed by atoms with E-state index in [-0.39, 0.29) is 13.2 Å². The molecule has 2 aromatic carbocycles. The van der Waals surface area contributed by atoms with Crippen LogP contribution in [0.25, 0.3) is 0 Å². The number of β-lactam (4-membered cyclic amide) rings is 1. The van der Waals surface area contributed by atoms with Crippen molar-refractivity contribution in [3.05, 3.63) is 66.7 Å². The van der Waals surface area contributed by atoms with E-state index in [2.05, 4.69) is 6.58 Å². The Bertz CT molecular complexity index is 1210. The van der Waals surface area contributed by atoms with Gasteiger partial charge in [-0.15, -0.1) is 6.58 Å². The second kappa shape index (κ2) is 8.41. The van der Waals surface area contributed by atoms with Crippen molar-refractivity contribution in [2.45, 2.75) is 43.0 Å². The minimum absolute atomic E-state index is 0.0632. The summed E-state index contributed by atoms with van der Waals surface area (Å²) in [6.07, 6.45) is 0.747. The Hall–Kier alpha value is -3.24. The summed E-state index contributed by atoms with van der Waals surface area (Å²) in [4.78, 5) is 30.8. The number of para-hydroxylation sites is 1. The molecule has 5 rings (SSSR count). The normalized spacial score (nSPS) is 30.8. The maximum absolute atomic E-state index is 14.1. The van der Waals surface area contributed by atoms with Gasteiger partial charge in [-0.2, -0.15) is 0 Å². The number of rotatable bonds is 7. The molecule has 0 saturated carbocycles. The molecule has 2 saturated heterocycles. The summed E-state index contributed by atoms with van der Waals surface area (Å²) in [5.41, 5.74) is -2.81. The molecular formula is C27H30N2O7. The molecule has 3 aliphatic heterocycles. The van der Waals surface area contributed by atoms with Crippen molar-refractivity contribution < 1.29 is 33.6 Å². The van der Waals surface area contributed by atoms with Crippen molar-refractivity contribution >= 4 is 23.2 Å². The monoisotopic (exact) mass is 494 g/mol. The zero-order chi connectivity index (χ0) is 25.9. The smallest absolute Gasteiger partial charge is 0.267 e. The van der Waals surface area contributed by atoms with Crippen LogP contribution in [0.5, 0.6) is 5.75 Å². The predicted octanol–water partition coefficient (Wildman–Crippen LogP) is 2.37. The standard InChI is InChI=1S/C27H30N2O7/c1-6-15-34-27(19-9-7-8-10-20(19)28(4)24(27)31)26(32)22(21-16-35-25(2,3)36-21)29(23(26)30)17-11-13-18(33-5)14-12-17/h6-14,21-22,32H,1,15-16H2,2-5H3/t21-,22+,26-,27-/m1/s1. The van der Waals surface area contributed by atoms with Crippen LogP contribution in [-0.2, 0) is 29.4 Å². The predicted molar refractivity (Wildman–Crippen MR) is 132 cm³/mol. The van der Waals surface area contributed by atoms with Crippen molar-refractivity contribution in [2.75, 3.05) is 37.2 Å². The molecule has 2 fully saturated rings. The maximum atomic E-state index is 14.1. The third-order valence-electron chi connectivity index (χ3n) is 7.19. The number of fused-ring (bicyclic) bond motifs is 1. The molecular weight excluding hydrogens is 464 g/mol. The van der Waals surface area contributed by atoms with E-state index in [0.29, 0.717) is 22.7 Å². The van der Waals surface area contributed by atoms with E-state index in [9.17, 15) is 14.7 Å². The number of methoxy groups -OCH3 is 1. The first-order chi connectivity index (χ1) is 17.1. The molecule has 1 N–H and O–H groups in total. The zero-order valence-corrected chi connectivity index (χ0v) is 20.8. The fourth-order valence-electron chi connectivity index (χ4n) is 5.57. The molecule has 0 spiro atoms. The van der Waals surface area contributed by atoms with Gasteiger partial charge in [0, 0.05) is 18.3 Å². The zero-order valence-electron chi connectivity index (χ0n) is 20.8. The Balaban J connectivity index is 1.69. The number of amides is 2. The van der Waals surface area contributed by atoms with E-state index >= 15 is 0 Å². The van der Waals surface area contributed by atoms with Crippen LogP contribution in [0.2, 0.25) is 0 Å². The van der Waals surface area contributed by atoms with E-state index in [1.54, 1.807) is 76.5 Å². The van der Waals surface area contributed by atoms with Crippen LogP contribution < -0.4 is 14.5 Å². The van der Waals surface area contributed by atoms with Crippen molar-refractivity contribution in [3.63, 3.8) is 0 Å². The molecule has 3 aliphatic rings. The third-order valence-corrected chi connectivity index (χ3v) is 7.19. The lowest BCUT2D eigenvalue weighted by Crippen LogP contribution is -2.86. The van der Waals surface area contributed by atoms with E-state index < -0.39 is 40.9 Å². The number of hydrogen-bond acceptors (Lipinski definition) is 7. The van der Waals surface area contributed by atoms with Gasteiger partial charge in [0.15, 0.2) is 5.79 Å². The lowest BCUT2D eigenvalue weighted by atomic mass is 9.64. The van der Waals surface area contributed by atoms with Crippen molar-refractivity contribution in [3.8, 4) is 5.75 Å². The van der Waals surface area contributed by atoms with Crippen molar-refractivity contribution in [1.82, 2.24) is 0 Å². The number of carbonyl (C=O) groups excluding carboxylic acids is 2. The number of carbonyl (C=O) groups is 2. The highest BCUT2D eigenvalue weighted by molar-refractivity contribution is 6.18. The number of aliphatic hydroxyl groups is 1. The van der Waals surface area contributed by atoms with Gasteiger partial charge in [-0.1, -0.05) is 24.3 Å². The van der Waals surface area contributed by atoms with Crippen LogP contribution >= 0.6 is 0 Å². The number of benzene rings is 2. The molecule has 9 heteroatoms. The molecule has 190 valence electrons. The van der Waals surface area contributed by atoms with Gasteiger partial charge >= 0.3 is 0 Å². The molecule has 9 nitrogen and oxygen atoms in total. The highest BCUT2D eigenvalue weighted by Gasteiger charge is 2.79. The highest BCUT2D eigenvalue weighted by atomic mass is 16.7. The summed E-state index contributed by atoms with van der Waals surface area (Å²) < 4.78 is 23.4. The van der Waals surface area contributed by atoms with Gasteiger partial charge in [0.1, 0.15) is 17.9 Å². The summed E-state index contributed by atoms with van der Waals surface area (Å²) in [6, 6.07) is 12.9. The number of likely N-dealkylation sites (N-methyl/N-ethyl adjacent to an activating group) is 1. The fourth-order valence-corrected chi connectivity index (χ4v) is 5.57. The van der Waals surface area contributed by atoms with Gasteiger partial charge in [0.05, 0.1) is 26.0 Å². The highest BCUT2D eigenvalue weighted by Crippen LogP contribution is 2.57. The van der Waals surface area contributed by atoms with E-state index in [1.807, 2.05) is 0 Å².